The highest BCUT2D eigenvalue weighted by molar-refractivity contribution is 7.99. The van der Waals surface area contributed by atoms with E-state index in [1.807, 2.05) is 12.1 Å². The van der Waals surface area contributed by atoms with Crippen molar-refractivity contribution in [2.75, 3.05) is 11.5 Å². The number of alkyl halides is 3. The third-order valence-electron chi connectivity index (χ3n) is 3.54. The maximum atomic E-state index is 13.1. The van der Waals surface area contributed by atoms with E-state index in [0.717, 1.165) is 17.0 Å². The first kappa shape index (κ1) is 18.3. The SMILES string of the molecule is CC(C)=NOCC(=O)N1c2ccccc2Sc2ccc(C(F)(F)F)cc21. The van der Waals surface area contributed by atoms with Crippen molar-refractivity contribution in [3.05, 3.63) is 48.0 Å². The third-order valence-corrected chi connectivity index (χ3v) is 4.67. The van der Waals surface area contributed by atoms with Crippen LogP contribution in [0.1, 0.15) is 19.4 Å². The summed E-state index contributed by atoms with van der Waals surface area (Å²) in [5.74, 6) is -0.497. The van der Waals surface area contributed by atoms with Gasteiger partial charge in [0.25, 0.3) is 5.91 Å². The Morgan fingerprint density at radius 1 is 1.12 bits per heavy atom. The monoisotopic (exact) mass is 380 g/mol. The second kappa shape index (κ2) is 7.03. The summed E-state index contributed by atoms with van der Waals surface area (Å²) in [4.78, 5) is 20.3. The summed E-state index contributed by atoms with van der Waals surface area (Å²) in [7, 11) is 0. The van der Waals surface area contributed by atoms with Crippen LogP contribution >= 0.6 is 11.8 Å². The molecule has 0 radical (unpaired) electrons. The molecule has 0 saturated carbocycles. The fraction of sp³-hybridized carbons (Fsp3) is 0.222. The molecular formula is C18H15F3N2O2S. The van der Waals surface area contributed by atoms with Crippen LogP contribution in [0.5, 0.6) is 0 Å². The van der Waals surface area contributed by atoms with Crippen LogP contribution in [0, 0.1) is 0 Å². The summed E-state index contributed by atoms with van der Waals surface area (Å²) < 4.78 is 39.4. The summed E-state index contributed by atoms with van der Waals surface area (Å²) in [5, 5.41) is 3.71. The van der Waals surface area contributed by atoms with Crippen molar-refractivity contribution >= 4 is 34.8 Å². The van der Waals surface area contributed by atoms with E-state index in [9.17, 15) is 18.0 Å². The molecule has 0 spiro atoms. The number of oxime groups is 1. The van der Waals surface area contributed by atoms with Crippen molar-refractivity contribution in [3.63, 3.8) is 0 Å². The Morgan fingerprint density at radius 2 is 1.81 bits per heavy atom. The minimum Gasteiger partial charge on any atom is -0.386 e. The average molecular weight is 380 g/mol. The molecule has 0 N–H and O–H groups in total. The molecule has 0 aliphatic carbocycles. The number of carbonyl (C=O) groups excluding carboxylic acids is 1. The van der Waals surface area contributed by atoms with Gasteiger partial charge in [0.05, 0.1) is 22.6 Å². The lowest BCUT2D eigenvalue weighted by atomic mass is 10.1. The molecule has 0 saturated heterocycles. The Kier molecular flexibility index (Phi) is 4.95. The Hall–Kier alpha value is -2.48. The minimum atomic E-state index is -4.49. The maximum Gasteiger partial charge on any atom is 0.416 e. The van der Waals surface area contributed by atoms with Crippen LogP contribution in [0.15, 0.2) is 57.4 Å². The van der Waals surface area contributed by atoms with Crippen molar-refractivity contribution in [1.82, 2.24) is 0 Å². The largest absolute Gasteiger partial charge is 0.416 e. The number of nitrogens with zero attached hydrogens (tertiary/aromatic N) is 2. The van der Waals surface area contributed by atoms with E-state index in [-0.39, 0.29) is 12.3 Å². The summed E-state index contributed by atoms with van der Waals surface area (Å²) in [6.45, 7) is 3.05. The number of fused-ring (bicyclic) bond motifs is 2. The predicted octanol–water partition coefficient (Wildman–Crippen LogP) is 5.25. The molecule has 0 atom stereocenters. The molecule has 26 heavy (non-hydrogen) atoms. The van der Waals surface area contributed by atoms with E-state index in [4.69, 9.17) is 4.84 Å². The van der Waals surface area contributed by atoms with E-state index in [1.165, 1.54) is 22.7 Å². The Balaban J connectivity index is 2.04. The van der Waals surface area contributed by atoms with Crippen molar-refractivity contribution in [1.29, 1.82) is 0 Å². The van der Waals surface area contributed by atoms with Gasteiger partial charge in [-0.25, -0.2) is 0 Å². The lowest BCUT2D eigenvalue weighted by molar-refractivity contribution is -0.137. The van der Waals surface area contributed by atoms with Gasteiger partial charge in [-0.2, -0.15) is 13.2 Å². The number of benzene rings is 2. The fourth-order valence-corrected chi connectivity index (χ4v) is 3.52. The first-order chi connectivity index (χ1) is 12.3. The summed E-state index contributed by atoms with van der Waals surface area (Å²) in [6.07, 6.45) is -4.49. The van der Waals surface area contributed by atoms with Gasteiger partial charge in [0.1, 0.15) is 0 Å². The molecule has 0 bridgehead atoms. The number of halogens is 3. The van der Waals surface area contributed by atoms with Gasteiger partial charge in [-0.05, 0) is 44.2 Å². The Bertz CT molecular complexity index is 877. The maximum absolute atomic E-state index is 13.1. The second-order valence-corrected chi connectivity index (χ2v) is 6.87. The van der Waals surface area contributed by atoms with Crippen molar-refractivity contribution in [2.45, 2.75) is 29.8 Å². The molecule has 1 aliphatic heterocycles. The number of hydrogen-bond acceptors (Lipinski definition) is 4. The number of amides is 1. The molecule has 2 aromatic rings. The van der Waals surface area contributed by atoms with Gasteiger partial charge in [0.15, 0.2) is 6.61 Å². The topological polar surface area (TPSA) is 41.9 Å². The van der Waals surface area contributed by atoms with Crippen molar-refractivity contribution in [2.24, 2.45) is 5.16 Å². The molecule has 0 unspecified atom stereocenters. The Morgan fingerprint density at radius 3 is 2.50 bits per heavy atom. The molecular weight excluding hydrogens is 365 g/mol. The zero-order valence-corrected chi connectivity index (χ0v) is 14.8. The summed E-state index contributed by atoms with van der Waals surface area (Å²) in [6, 6.07) is 10.4. The number of rotatable bonds is 3. The lowest BCUT2D eigenvalue weighted by Gasteiger charge is -2.31. The number of para-hydroxylation sites is 1. The molecule has 136 valence electrons. The third kappa shape index (κ3) is 3.70. The number of carbonyl (C=O) groups is 1. The number of anilines is 2. The smallest absolute Gasteiger partial charge is 0.386 e. The first-order valence-electron chi connectivity index (χ1n) is 7.71. The van der Waals surface area contributed by atoms with Gasteiger partial charge < -0.3 is 4.84 Å². The van der Waals surface area contributed by atoms with Crippen LogP contribution in [0.4, 0.5) is 24.5 Å². The average Bonchev–Trinajstić information content (AvgIpc) is 2.57. The highest BCUT2D eigenvalue weighted by Gasteiger charge is 2.34. The fourth-order valence-electron chi connectivity index (χ4n) is 2.48. The first-order valence-corrected chi connectivity index (χ1v) is 8.53. The molecule has 2 aromatic carbocycles. The van der Waals surface area contributed by atoms with Crippen LogP contribution in [-0.4, -0.2) is 18.2 Å². The van der Waals surface area contributed by atoms with Crippen LogP contribution in [0.25, 0.3) is 0 Å². The normalized spacial score (nSPS) is 12.9. The molecule has 1 amide bonds. The van der Waals surface area contributed by atoms with Crippen LogP contribution in [0.3, 0.4) is 0 Å². The molecule has 8 heteroatoms. The molecule has 0 fully saturated rings. The second-order valence-electron chi connectivity index (χ2n) is 5.79. The van der Waals surface area contributed by atoms with E-state index in [0.29, 0.717) is 16.3 Å². The molecule has 1 aliphatic rings. The zero-order chi connectivity index (χ0) is 18.9. The van der Waals surface area contributed by atoms with Gasteiger partial charge >= 0.3 is 6.18 Å². The standard InChI is InChI=1S/C18H15F3N2O2S/c1-11(2)22-25-10-17(24)23-13-5-3-4-6-15(13)26-16-8-7-12(9-14(16)23)18(19,20)21/h3-9H,10H2,1-2H3. The van der Waals surface area contributed by atoms with E-state index in [2.05, 4.69) is 5.16 Å². The highest BCUT2D eigenvalue weighted by Crippen LogP contribution is 2.49. The summed E-state index contributed by atoms with van der Waals surface area (Å²) >= 11 is 1.32. The van der Waals surface area contributed by atoms with E-state index in [1.54, 1.807) is 26.0 Å². The van der Waals surface area contributed by atoms with Crippen LogP contribution in [-0.2, 0) is 15.8 Å². The lowest BCUT2D eigenvalue weighted by Crippen LogP contribution is -2.31. The molecule has 4 nitrogen and oxygen atoms in total. The van der Waals surface area contributed by atoms with Gasteiger partial charge in [-0.1, -0.05) is 29.1 Å². The van der Waals surface area contributed by atoms with Gasteiger partial charge in [0.2, 0.25) is 0 Å². The molecule has 0 aromatic heterocycles. The molecule has 1 heterocycles. The van der Waals surface area contributed by atoms with Gasteiger partial charge in [-0.3, -0.25) is 9.69 Å². The van der Waals surface area contributed by atoms with Crippen molar-refractivity contribution in [3.8, 4) is 0 Å². The molecule has 3 rings (SSSR count). The quantitative estimate of drug-likeness (QED) is 0.540. The zero-order valence-electron chi connectivity index (χ0n) is 14.0. The van der Waals surface area contributed by atoms with Crippen molar-refractivity contribution < 1.29 is 22.8 Å². The van der Waals surface area contributed by atoms with Gasteiger partial charge in [0, 0.05) is 9.79 Å². The minimum absolute atomic E-state index is 0.189. The Labute approximate surface area is 152 Å². The van der Waals surface area contributed by atoms with E-state index < -0.39 is 17.6 Å². The highest BCUT2D eigenvalue weighted by atomic mass is 32.2. The predicted molar refractivity (Wildman–Crippen MR) is 93.9 cm³/mol. The van der Waals surface area contributed by atoms with E-state index >= 15 is 0 Å². The number of hydrogen-bond donors (Lipinski definition) is 0. The van der Waals surface area contributed by atoms with Crippen LogP contribution < -0.4 is 4.90 Å². The van der Waals surface area contributed by atoms with Crippen LogP contribution in [0.2, 0.25) is 0 Å². The summed E-state index contributed by atoms with van der Waals surface area (Å²) in [5.41, 5.74) is 0.536. The van der Waals surface area contributed by atoms with Gasteiger partial charge in [-0.15, -0.1) is 0 Å².